The lowest BCUT2D eigenvalue weighted by Gasteiger charge is -2.23. The summed E-state index contributed by atoms with van der Waals surface area (Å²) in [5.74, 6) is -0.673. The molecule has 3 aromatic carbocycles. The second-order valence-electron chi connectivity index (χ2n) is 7.22. The Bertz CT molecular complexity index is 1180. The number of para-hydroxylation sites is 1. The van der Waals surface area contributed by atoms with Crippen molar-refractivity contribution in [3.05, 3.63) is 77.3 Å². The molecule has 1 heterocycles. The highest BCUT2D eigenvalue weighted by Crippen LogP contribution is 2.28. The molecular formula is C24H22N2O3S. The molecule has 152 valence electrons. The highest BCUT2D eigenvalue weighted by atomic mass is 32.1. The number of rotatable bonds is 6. The van der Waals surface area contributed by atoms with Crippen molar-refractivity contribution in [1.82, 2.24) is 9.88 Å². The minimum atomic E-state index is -0.417. The number of benzene rings is 3. The maximum Gasteiger partial charge on any atom is 0.310 e. The quantitative estimate of drug-likeness (QED) is 0.424. The molecule has 0 radical (unpaired) electrons. The van der Waals surface area contributed by atoms with Crippen LogP contribution in [0.15, 0.2) is 66.7 Å². The van der Waals surface area contributed by atoms with Gasteiger partial charge < -0.3 is 9.64 Å². The van der Waals surface area contributed by atoms with E-state index in [0.29, 0.717) is 0 Å². The second-order valence-corrected chi connectivity index (χ2v) is 8.28. The van der Waals surface area contributed by atoms with Crippen molar-refractivity contribution in [2.24, 2.45) is 0 Å². The Morgan fingerprint density at radius 2 is 1.77 bits per heavy atom. The topological polar surface area (TPSA) is 59.5 Å². The summed E-state index contributed by atoms with van der Waals surface area (Å²) in [5.41, 5.74) is 1.79. The number of aromatic nitrogens is 1. The standard InChI is InChI=1S/C24H22N2O3S/c1-16(24-25-20-9-5-6-10-21(20)30-24)26(2)22(27)15-29-23(28)14-17-11-12-18-7-3-4-8-19(18)13-17/h3-13,16H,14-15H2,1-2H3/t16-/m0/s1. The summed E-state index contributed by atoms with van der Waals surface area (Å²) < 4.78 is 6.32. The molecule has 5 nitrogen and oxygen atoms in total. The van der Waals surface area contributed by atoms with Crippen LogP contribution >= 0.6 is 11.3 Å². The SMILES string of the molecule is C[C@@H](c1nc2ccccc2s1)N(C)C(=O)COC(=O)Cc1ccc2ccccc2c1. The number of likely N-dealkylation sites (N-methyl/N-ethyl adjacent to an activating group) is 1. The molecule has 0 aliphatic heterocycles. The molecule has 1 amide bonds. The number of hydrogen-bond donors (Lipinski definition) is 0. The normalized spacial score (nSPS) is 12.1. The van der Waals surface area contributed by atoms with E-state index >= 15 is 0 Å². The molecule has 1 aromatic heterocycles. The Labute approximate surface area is 178 Å². The Morgan fingerprint density at radius 1 is 1.03 bits per heavy atom. The first-order valence-corrected chi connectivity index (χ1v) is 10.6. The molecule has 0 aliphatic rings. The van der Waals surface area contributed by atoms with Crippen LogP contribution in [0.3, 0.4) is 0 Å². The zero-order valence-corrected chi connectivity index (χ0v) is 17.7. The third-order valence-corrected chi connectivity index (χ3v) is 6.37. The minimum absolute atomic E-state index is 0.134. The molecule has 0 aliphatic carbocycles. The molecule has 0 unspecified atom stereocenters. The van der Waals surface area contributed by atoms with Crippen LogP contribution in [-0.4, -0.2) is 35.4 Å². The molecule has 0 N–H and O–H groups in total. The molecule has 4 aromatic rings. The lowest BCUT2D eigenvalue weighted by atomic mass is 10.1. The molecule has 4 rings (SSSR count). The van der Waals surface area contributed by atoms with Crippen molar-refractivity contribution in [3.63, 3.8) is 0 Å². The van der Waals surface area contributed by atoms with E-state index in [9.17, 15) is 9.59 Å². The van der Waals surface area contributed by atoms with Crippen molar-refractivity contribution >= 4 is 44.2 Å². The predicted molar refractivity (Wildman–Crippen MR) is 119 cm³/mol. The van der Waals surface area contributed by atoms with Crippen LogP contribution in [0.1, 0.15) is 23.5 Å². The first-order valence-electron chi connectivity index (χ1n) is 9.75. The molecule has 0 bridgehead atoms. The summed E-state index contributed by atoms with van der Waals surface area (Å²) in [6, 6.07) is 21.5. The van der Waals surface area contributed by atoms with Gasteiger partial charge in [-0.15, -0.1) is 11.3 Å². The zero-order chi connectivity index (χ0) is 21.1. The van der Waals surface area contributed by atoms with Gasteiger partial charge in [-0.3, -0.25) is 9.59 Å². The fourth-order valence-electron chi connectivity index (χ4n) is 3.26. The van der Waals surface area contributed by atoms with Gasteiger partial charge in [0, 0.05) is 7.05 Å². The van der Waals surface area contributed by atoms with Crippen LogP contribution in [0, 0.1) is 0 Å². The van der Waals surface area contributed by atoms with Crippen LogP contribution < -0.4 is 0 Å². The second kappa shape index (κ2) is 8.63. The third-order valence-electron chi connectivity index (χ3n) is 5.16. The fourth-order valence-corrected chi connectivity index (χ4v) is 4.32. The fraction of sp³-hybridized carbons (Fsp3) is 0.208. The van der Waals surface area contributed by atoms with E-state index in [1.165, 1.54) is 0 Å². The molecular weight excluding hydrogens is 396 g/mol. The molecule has 6 heteroatoms. The van der Waals surface area contributed by atoms with Crippen molar-refractivity contribution in [2.45, 2.75) is 19.4 Å². The van der Waals surface area contributed by atoms with E-state index in [1.54, 1.807) is 23.3 Å². The monoisotopic (exact) mass is 418 g/mol. The van der Waals surface area contributed by atoms with E-state index in [1.807, 2.05) is 73.7 Å². The minimum Gasteiger partial charge on any atom is -0.455 e. The number of amides is 1. The number of fused-ring (bicyclic) bond motifs is 2. The maximum absolute atomic E-state index is 12.5. The number of nitrogens with zero attached hydrogens (tertiary/aromatic N) is 2. The summed E-state index contributed by atoms with van der Waals surface area (Å²) in [4.78, 5) is 30.9. The lowest BCUT2D eigenvalue weighted by Crippen LogP contribution is -2.33. The number of carbonyl (C=O) groups excluding carboxylic acids is 2. The van der Waals surface area contributed by atoms with Gasteiger partial charge in [0.05, 0.1) is 22.7 Å². The zero-order valence-electron chi connectivity index (χ0n) is 16.9. The van der Waals surface area contributed by atoms with Gasteiger partial charge in [-0.1, -0.05) is 54.6 Å². The summed E-state index contributed by atoms with van der Waals surface area (Å²) >= 11 is 1.57. The van der Waals surface area contributed by atoms with Gasteiger partial charge in [0.15, 0.2) is 6.61 Å². The summed E-state index contributed by atoms with van der Waals surface area (Å²) in [5, 5.41) is 3.05. The van der Waals surface area contributed by atoms with Crippen molar-refractivity contribution in [2.75, 3.05) is 13.7 Å². The van der Waals surface area contributed by atoms with E-state index in [-0.39, 0.29) is 25.0 Å². The van der Waals surface area contributed by atoms with Gasteiger partial charge in [-0.05, 0) is 35.4 Å². The van der Waals surface area contributed by atoms with Crippen LogP contribution in [0.2, 0.25) is 0 Å². The Kier molecular flexibility index (Phi) is 5.77. The largest absolute Gasteiger partial charge is 0.455 e. The van der Waals surface area contributed by atoms with Crippen molar-refractivity contribution in [3.8, 4) is 0 Å². The van der Waals surface area contributed by atoms with Crippen molar-refractivity contribution in [1.29, 1.82) is 0 Å². The number of carbonyl (C=O) groups is 2. The predicted octanol–water partition coefficient (Wildman–Crippen LogP) is 4.75. The number of ether oxygens (including phenoxy) is 1. The van der Waals surface area contributed by atoms with Crippen LogP contribution in [0.5, 0.6) is 0 Å². The van der Waals surface area contributed by atoms with E-state index in [0.717, 1.165) is 31.6 Å². The average molecular weight is 419 g/mol. The van der Waals surface area contributed by atoms with Gasteiger partial charge >= 0.3 is 5.97 Å². The van der Waals surface area contributed by atoms with Gasteiger partial charge in [0.2, 0.25) is 0 Å². The van der Waals surface area contributed by atoms with Crippen LogP contribution in [0.4, 0.5) is 0 Å². The molecule has 1 atom stereocenters. The van der Waals surface area contributed by atoms with E-state index < -0.39 is 5.97 Å². The highest BCUT2D eigenvalue weighted by Gasteiger charge is 2.21. The summed E-state index contributed by atoms with van der Waals surface area (Å²) in [6.45, 7) is 1.64. The molecule has 0 saturated heterocycles. The Morgan fingerprint density at radius 3 is 2.57 bits per heavy atom. The molecule has 30 heavy (non-hydrogen) atoms. The van der Waals surface area contributed by atoms with E-state index in [2.05, 4.69) is 4.98 Å². The molecule has 0 fully saturated rings. The molecule has 0 spiro atoms. The van der Waals surface area contributed by atoms with Crippen LogP contribution in [0.25, 0.3) is 21.0 Å². The van der Waals surface area contributed by atoms with Gasteiger partial charge in [-0.2, -0.15) is 0 Å². The van der Waals surface area contributed by atoms with E-state index in [4.69, 9.17) is 4.74 Å². The summed E-state index contributed by atoms with van der Waals surface area (Å²) in [6.07, 6.45) is 0.134. The smallest absolute Gasteiger partial charge is 0.310 e. The van der Waals surface area contributed by atoms with Gasteiger partial charge in [-0.25, -0.2) is 4.98 Å². The summed E-state index contributed by atoms with van der Waals surface area (Å²) in [7, 11) is 1.70. The van der Waals surface area contributed by atoms with Crippen LogP contribution in [-0.2, 0) is 20.7 Å². The highest BCUT2D eigenvalue weighted by molar-refractivity contribution is 7.18. The maximum atomic E-state index is 12.5. The number of esters is 1. The van der Waals surface area contributed by atoms with Gasteiger partial charge in [0.25, 0.3) is 5.91 Å². The average Bonchev–Trinajstić information content (AvgIpc) is 3.20. The first-order chi connectivity index (χ1) is 14.5. The third kappa shape index (κ3) is 4.33. The lowest BCUT2D eigenvalue weighted by molar-refractivity contribution is -0.151. The van der Waals surface area contributed by atoms with Crippen molar-refractivity contribution < 1.29 is 14.3 Å². The Hall–Kier alpha value is -3.25. The molecule has 0 saturated carbocycles. The van der Waals surface area contributed by atoms with Gasteiger partial charge in [0.1, 0.15) is 5.01 Å². The number of hydrogen-bond acceptors (Lipinski definition) is 5. The Balaban J connectivity index is 1.34. The number of thiazole rings is 1. The first kappa shape index (κ1) is 20.0.